The number of carbonyl (C=O) groups is 1. The zero-order valence-corrected chi connectivity index (χ0v) is 15.3. The van der Waals surface area contributed by atoms with E-state index in [0.29, 0.717) is 13.0 Å². The average Bonchev–Trinajstić information content (AvgIpc) is 3.05. The van der Waals surface area contributed by atoms with Crippen molar-refractivity contribution in [2.24, 2.45) is 5.92 Å². The highest BCUT2D eigenvalue weighted by Gasteiger charge is 2.29. The van der Waals surface area contributed by atoms with E-state index in [1.165, 1.54) is 0 Å². The Morgan fingerprint density at radius 2 is 2.00 bits per heavy atom. The number of nitrogens with zero attached hydrogens (tertiary/aromatic N) is 2. The Kier molecular flexibility index (Phi) is 4.94. The molecule has 0 aliphatic carbocycles. The first-order valence-electron chi connectivity index (χ1n) is 8.43. The van der Waals surface area contributed by atoms with E-state index in [1.54, 1.807) is 0 Å². The lowest BCUT2D eigenvalue weighted by molar-refractivity contribution is -0.122. The highest BCUT2D eigenvalue weighted by molar-refractivity contribution is 7.91. The zero-order chi connectivity index (χ0) is 18.0. The fourth-order valence-electron chi connectivity index (χ4n) is 3.31. The van der Waals surface area contributed by atoms with Crippen molar-refractivity contribution in [3.8, 4) is 5.69 Å². The summed E-state index contributed by atoms with van der Waals surface area (Å²) in [6.45, 7) is 4.32. The SMILES string of the molecule is Cc1nn(-c2ccccc2)c(C)c1CNC(=O)CC1CCS(=O)(=O)C1. The second-order valence-electron chi connectivity index (χ2n) is 6.65. The first kappa shape index (κ1) is 17.7. The minimum atomic E-state index is -2.94. The van der Waals surface area contributed by atoms with E-state index < -0.39 is 9.84 Å². The number of hydrogen-bond acceptors (Lipinski definition) is 4. The van der Waals surface area contributed by atoms with Crippen LogP contribution in [0.3, 0.4) is 0 Å². The van der Waals surface area contributed by atoms with Crippen molar-refractivity contribution in [2.45, 2.75) is 33.2 Å². The molecule has 6 nitrogen and oxygen atoms in total. The number of hydrogen-bond donors (Lipinski definition) is 1. The summed E-state index contributed by atoms with van der Waals surface area (Å²) in [6.07, 6.45) is 0.851. The van der Waals surface area contributed by atoms with Gasteiger partial charge in [0.05, 0.1) is 22.9 Å². The third-order valence-corrected chi connectivity index (χ3v) is 6.54. The van der Waals surface area contributed by atoms with Crippen LogP contribution in [-0.4, -0.2) is 35.6 Å². The molecule has 1 N–H and O–H groups in total. The van der Waals surface area contributed by atoms with Crippen molar-refractivity contribution in [3.05, 3.63) is 47.3 Å². The van der Waals surface area contributed by atoms with Gasteiger partial charge in [-0.05, 0) is 38.3 Å². The molecule has 0 saturated carbocycles. The molecule has 1 aliphatic rings. The maximum Gasteiger partial charge on any atom is 0.220 e. The van der Waals surface area contributed by atoms with E-state index >= 15 is 0 Å². The minimum absolute atomic E-state index is 0.0563. The molecule has 1 aromatic carbocycles. The molecule has 0 spiro atoms. The Morgan fingerprint density at radius 3 is 2.64 bits per heavy atom. The number of benzene rings is 1. The Balaban J connectivity index is 1.64. The Bertz CT molecular complexity index is 872. The van der Waals surface area contributed by atoms with Gasteiger partial charge in [0, 0.05) is 24.2 Å². The third-order valence-electron chi connectivity index (χ3n) is 4.71. The van der Waals surface area contributed by atoms with Gasteiger partial charge in [0.15, 0.2) is 9.84 Å². The molecule has 7 heteroatoms. The molecule has 1 saturated heterocycles. The van der Waals surface area contributed by atoms with Crippen molar-refractivity contribution in [1.29, 1.82) is 0 Å². The molecule has 3 rings (SSSR count). The summed E-state index contributed by atoms with van der Waals surface area (Å²) >= 11 is 0. The molecular formula is C18H23N3O3S. The molecule has 25 heavy (non-hydrogen) atoms. The van der Waals surface area contributed by atoms with Crippen LogP contribution < -0.4 is 5.32 Å². The van der Waals surface area contributed by atoms with E-state index in [1.807, 2.05) is 48.9 Å². The number of amides is 1. The van der Waals surface area contributed by atoms with Crippen LogP contribution in [0, 0.1) is 19.8 Å². The lowest BCUT2D eigenvalue weighted by Crippen LogP contribution is -2.26. The van der Waals surface area contributed by atoms with E-state index in [2.05, 4.69) is 10.4 Å². The normalized spacial score (nSPS) is 19.0. The molecule has 1 unspecified atom stereocenters. The van der Waals surface area contributed by atoms with E-state index in [0.717, 1.165) is 22.6 Å². The first-order valence-corrected chi connectivity index (χ1v) is 10.3. The van der Waals surface area contributed by atoms with Crippen LogP contribution >= 0.6 is 0 Å². The van der Waals surface area contributed by atoms with Crippen LogP contribution in [-0.2, 0) is 21.2 Å². The lowest BCUT2D eigenvalue weighted by atomic mass is 10.0. The predicted molar refractivity (Wildman–Crippen MR) is 96.3 cm³/mol. The van der Waals surface area contributed by atoms with Crippen LogP contribution in [0.5, 0.6) is 0 Å². The fourth-order valence-corrected chi connectivity index (χ4v) is 5.17. The molecule has 2 aromatic rings. The quantitative estimate of drug-likeness (QED) is 0.882. The fraction of sp³-hybridized carbons (Fsp3) is 0.444. The van der Waals surface area contributed by atoms with Crippen LogP contribution in [0.25, 0.3) is 5.69 Å². The van der Waals surface area contributed by atoms with Gasteiger partial charge < -0.3 is 5.32 Å². The summed E-state index contributed by atoms with van der Waals surface area (Å²) in [4.78, 5) is 12.1. The van der Waals surface area contributed by atoms with Gasteiger partial charge >= 0.3 is 0 Å². The topological polar surface area (TPSA) is 81.1 Å². The number of aromatic nitrogens is 2. The van der Waals surface area contributed by atoms with Crippen molar-refractivity contribution < 1.29 is 13.2 Å². The van der Waals surface area contributed by atoms with Gasteiger partial charge in [-0.15, -0.1) is 0 Å². The number of para-hydroxylation sites is 1. The number of sulfone groups is 1. The number of nitrogens with one attached hydrogen (secondary N) is 1. The van der Waals surface area contributed by atoms with Gasteiger partial charge in [0.25, 0.3) is 0 Å². The molecular weight excluding hydrogens is 338 g/mol. The predicted octanol–water partition coefficient (Wildman–Crippen LogP) is 1.93. The minimum Gasteiger partial charge on any atom is -0.352 e. The highest BCUT2D eigenvalue weighted by Crippen LogP contribution is 2.22. The van der Waals surface area contributed by atoms with Crippen LogP contribution in [0.4, 0.5) is 0 Å². The third kappa shape index (κ3) is 4.10. The van der Waals surface area contributed by atoms with Gasteiger partial charge in [-0.1, -0.05) is 18.2 Å². The zero-order valence-electron chi connectivity index (χ0n) is 14.5. The molecule has 134 valence electrons. The molecule has 0 bridgehead atoms. The highest BCUT2D eigenvalue weighted by atomic mass is 32.2. The van der Waals surface area contributed by atoms with E-state index in [9.17, 15) is 13.2 Å². The number of carbonyl (C=O) groups excluding carboxylic acids is 1. The Hall–Kier alpha value is -2.15. The largest absolute Gasteiger partial charge is 0.352 e. The van der Waals surface area contributed by atoms with Crippen molar-refractivity contribution >= 4 is 15.7 Å². The summed E-state index contributed by atoms with van der Waals surface area (Å²) in [7, 11) is -2.94. The molecule has 2 heterocycles. The summed E-state index contributed by atoms with van der Waals surface area (Å²) in [5.74, 6) is 0.171. The molecule has 1 atom stereocenters. The summed E-state index contributed by atoms with van der Waals surface area (Å²) < 4.78 is 24.8. The van der Waals surface area contributed by atoms with E-state index in [-0.39, 0.29) is 29.8 Å². The summed E-state index contributed by atoms with van der Waals surface area (Å²) in [6, 6.07) is 9.86. The lowest BCUT2D eigenvalue weighted by Gasteiger charge is -2.09. The van der Waals surface area contributed by atoms with Gasteiger partial charge in [-0.3, -0.25) is 4.79 Å². The van der Waals surface area contributed by atoms with E-state index in [4.69, 9.17) is 0 Å². The molecule has 1 aliphatic heterocycles. The smallest absolute Gasteiger partial charge is 0.220 e. The van der Waals surface area contributed by atoms with Crippen LogP contribution in [0.15, 0.2) is 30.3 Å². The van der Waals surface area contributed by atoms with Crippen molar-refractivity contribution in [1.82, 2.24) is 15.1 Å². The number of aryl methyl sites for hydroxylation is 1. The van der Waals surface area contributed by atoms with Crippen molar-refractivity contribution in [2.75, 3.05) is 11.5 Å². The van der Waals surface area contributed by atoms with Gasteiger partial charge in [0.2, 0.25) is 5.91 Å². The van der Waals surface area contributed by atoms with Gasteiger partial charge in [-0.2, -0.15) is 5.10 Å². The Morgan fingerprint density at radius 1 is 1.28 bits per heavy atom. The standard InChI is InChI=1S/C18H23N3O3S/c1-13-17(14(2)21(20-13)16-6-4-3-5-7-16)11-19-18(22)10-15-8-9-25(23,24)12-15/h3-7,15H,8-12H2,1-2H3,(H,19,22). The summed E-state index contributed by atoms with van der Waals surface area (Å²) in [5, 5.41) is 7.48. The van der Waals surface area contributed by atoms with Gasteiger partial charge in [-0.25, -0.2) is 13.1 Å². The Labute approximate surface area is 148 Å². The second kappa shape index (κ2) is 7.00. The van der Waals surface area contributed by atoms with Crippen molar-refractivity contribution in [3.63, 3.8) is 0 Å². The van der Waals surface area contributed by atoms with Crippen LogP contribution in [0.1, 0.15) is 29.8 Å². The molecule has 1 amide bonds. The van der Waals surface area contributed by atoms with Crippen LogP contribution in [0.2, 0.25) is 0 Å². The molecule has 0 radical (unpaired) electrons. The monoisotopic (exact) mass is 361 g/mol. The second-order valence-corrected chi connectivity index (χ2v) is 8.88. The number of rotatable bonds is 5. The first-order chi connectivity index (χ1) is 11.9. The molecule has 1 fully saturated rings. The maximum atomic E-state index is 12.1. The average molecular weight is 361 g/mol. The maximum absolute atomic E-state index is 12.1. The summed E-state index contributed by atoms with van der Waals surface area (Å²) in [5.41, 5.74) is 3.85. The van der Waals surface area contributed by atoms with Gasteiger partial charge in [0.1, 0.15) is 0 Å². The molecule has 1 aromatic heterocycles.